The van der Waals surface area contributed by atoms with Crippen LogP contribution in [-0.2, 0) is 22.4 Å². The van der Waals surface area contributed by atoms with E-state index in [0.29, 0.717) is 23.1 Å². The van der Waals surface area contributed by atoms with E-state index in [4.69, 9.17) is 4.74 Å². The van der Waals surface area contributed by atoms with Gasteiger partial charge in [0.05, 0.1) is 12.2 Å². The van der Waals surface area contributed by atoms with E-state index in [1.165, 1.54) is 23.1 Å². The van der Waals surface area contributed by atoms with Crippen molar-refractivity contribution in [2.75, 3.05) is 11.9 Å². The summed E-state index contributed by atoms with van der Waals surface area (Å²) in [6, 6.07) is 0. The molecule has 1 aliphatic carbocycles. The first-order valence-corrected chi connectivity index (χ1v) is 7.43. The zero-order chi connectivity index (χ0) is 14.0. The van der Waals surface area contributed by atoms with Gasteiger partial charge in [-0.2, -0.15) is 0 Å². The molecule has 0 fully saturated rings. The van der Waals surface area contributed by atoms with Gasteiger partial charge in [0.15, 0.2) is 0 Å². The second-order valence-electron chi connectivity index (χ2n) is 4.96. The predicted octanol–water partition coefficient (Wildman–Crippen LogP) is 3.01. The molecule has 1 aromatic rings. The van der Waals surface area contributed by atoms with Gasteiger partial charge in [-0.05, 0) is 37.7 Å². The first-order chi connectivity index (χ1) is 9.02. The number of hydrogen-bond donors (Lipinski definition) is 1. The molecule has 0 aromatic carbocycles. The van der Waals surface area contributed by atoms with Crippen molar-refractivity contribution in [3.8, 4) is 0 Å². The van der Waals surface area contributed by atoms with Gasteiger partial charge < -0.3 is 10.1 Å². The Kier molecular flexibility index (Phi) is 4.24. The molecule has 1 N–H and O–H groups in total. The molecule has 1 aliphatic rings. The topological polar surface area (TPSA) is 55.4 Å². The number of carbonyl (C=O) groups is 2. The highest BCUT2D eigenvalue weighted by molar-refractivity contribution is 7.17. The lowest BCUT2D eigenvalue weighted by Gasteiger charge is -2.18. The highest BCUT2D eigenvalue weighted by atomic mass is 32.1. The number of fused-ring (bicyclic) bond motifs is 1. The molecule has 5 heteroatoms. The zero-order valence-corrected chi connectivity index (χ0v) is 12.4. The number of nitrogens with one attached hydrogen (secondary N) is 1. The van der Waals surface area contributed by atoms with E-state index >= 15 is 0 Å². The van der Waals surface area contributed by atoms with Crippen LogP contribution in [0.4, 0.5) is 5.00 Å². The standard InChI is InChI=1S/C14H19NO3S/c1-4-18-14(17)12-10-7-8(2)5-6-11(10)19-13(12)15-9(3)16/h8H,4-7H2,1-3H3,(H,15,16). The van der Waals surface area contributed by atoms with Crippen molar-refractivity contribution >= 4 is 28.2 Å². The maximum atomic E-state index is 12.1. The average molecular weight is 281 g/mol. The smallest absolute Gasteiger partial charge is 0.341 e. The van der Waals surface area contributed by atoms with Crippen molar-refractivity contribution in [3.05, 3.63) is 16.0 Å². The lowest BCUT2D eigenvalue weighted by Crippen LogP contribution is -2.16. The summed E-state index contributed by atoms with van der Waals surface area (Å²) in [5, 5.41) is 3.41. The van der Waals surface area contributed by atoms with Gasteiger partial charge in [0.25, 0.3) is 0 Å². The molecule has 1 amide bonds. The summed E-state index contributed by atoms with van der Waals surface area (Å²) >= 11 is 1.51. The summed E-state index contributed by atoms with van der Waals surface area (Å²) in [7, 11) is 0. The third kappa shape index (κ3) is 2.97. The van der Waals surface area contributed by atoms with E-state index < -0.39 is 0 Å². The van der Waals surface area contributed by atoms with Crippen LogP contribution in [0.1, 0.15) is 48.0 Å². The Morgan fingerprint density at radius 3 is 2.84 bits per heavy atom. The summed E-state index contributed by atoms with van der Waals surface area (Å²) in [5.74, 6) is 0.0931. The minimum atomic E-state index is -0.321. The van der Waals surface area contributed by atoms with Crippen LogP contribution in [0.15, 0.2) is 0 Å². The summed E-state index contributed by atoms with van der Waals surface area (Å²) < 4.78 is 5.13. The van der Waals surface area contributed by atoms with E-state index in [2.05, 4.69) is 12.2 Å². The van der Waals surface area contributed by atoms with E-state index in [0.717, 1.165) is 24.8 Å². The molecule has 104 valence electrons. The van der Waals surface area contributed by atoms with Crippen LogP contribution in [0, 0.1) is 5.92 Å². The van der Waals surface area contributed by atoms with E-state index in [1.807, 2.05) is 0 Å². The van der Waals surface area contributed by atoms with Crippen LogP contribution in [0.25, 0.3) is 0 Å². The minimum absolute atomic E-state index is 0.155. The van der Waals surface area contributed by atoms with E-state index in [9.17, 15) is 9.59 Å². The number of aryl methyl sites for hydroxylation is 1. The minimum Gasteiger partial charge on any atom is -0.462 e. The molecule has 0 aliphatic heterocycles. The fourth-order valence-electron chi connectivity index (χ4n) is 2.43. The van der Waals surface area contributed by atoms with Crippen LogP contribution in [0.2, 0.25) is 0 Å². The number of ether oxygens (including phenoxy) is 1. The Morgan fingerprint density at radius 1 is 1.47 bits per heavy atom. The molecule has 1 aromatic heterocycles. The molecule has 1 unspecified atom stereocenters. The fraction of sp³-hybridized carbons (Fsp3) is 0.571. The molecule has 19 heavy (non-hydrogen) atoms. The molecular formula is C14H19NO3S. The number of esters is 1. The van der Waals surface area contributed by atoms with Crippen molar-refractivity contribution in [2.45, 2.75) is 40.0 Å². The number of amides is 1. The van der Waals surface area contributed by atoms with Gasteiger partial charge in [-0.15, -0.1) is 11.3 Å². The molecule has 0 saturated carbocycles. The van der Waals surface area contributed by atoms with Gasteiger partial charge >= 0.3 is 5.97 Å². The third-order valence-corrected chi connectivity index (χ3v) is 4.48. The third-order valence-electron chi connectivity index (χ3n) is 3.28. The van der Waals surface area contributed by atoms with Gasteiger partial charge in [0.2, 0.25) is 5.91 Å². The largest absolute Gasteiger partial charge is 0.462 e. The van der Waals surface area contributed by atoms with Gasteiger partial charge in [-0.3, -0.25) is 4.79 Å². The summed E-state index contributed by atoms with van der Waals surface area (Å²) in [6.45, 7) is 5.78. The van der Waals surface area contributed by atoms with Crippen molar-refractivity contribution in [1.29, 1.82) is 0 Å². The maximum absolute atomic E-state index is 12.1. The van der Waals surface area contributed by atoms with Crippen LogP contribution in [-0.4, -0.2) is 18.5 Å². The van der Waals surface area contributed by atoms with Gasteiger partial charge in [-0.1, -0.05) is 6.92 Å². The first kappa shape index (κ1) is 14.1. The number of rotatable bonds is 3. The Bertz CT molecular complexity index is 507. The Hall–Kier alpha value is -1.36. The lowest BCUT2D eigenvalue weighted by molar-refractivity contribution is -0.114. The van der Waals surface area contributed by atoms with Gasteiger partial charge in [0.1, 0.15) is 5.00 Å². The van der Waals surface area contributed by atoms with Crippen LogP contribution >= 0.6 is 11.3 Å². The number of carbonyl (C=O) groups excluding carboxylic acids is 2. The normalized spacial score (nSPS) is 17.7. The summed E-state index contributed by atoms with van der Waals surface area (Å²) in [6.07, 6.45) is 3.00. The molecule has 1 atom stereocenters. The van der Waals surface area contributed by atoms with Gasteiger partial charge in [-0.25, -0.2) is 4.79 Å². The molecule has 0 bridgehead atoms. The second kappa shape index (κ2) is 5.74. The molecule has 0 saturated heterocycles. The Morgan fingerprint density at radius 2 is 2.21 bits per heavy atom. The molecule has 4 nitrogen and oxygen atoms in total. The van der Waals surface area contributed by atoms with Crippen molar-refractivity contribution in [3.63, 3.8) is 0 Å². The summed E-state index contributed by atoms with van der Waals surface area (Å²) in [4.78, 5) is 24.6. The Labute approximate surface area is 117 Å². The maximum Gasteiger partial charge on any atom is 0.341 e. The van der Waals surface area contributed by atoms with Crippen LogP contribution in [0.5, 0.6) is 0 Å². The van der Waals surface area contributed by atoms with Crippen molar-refractivity contribution in [2.24, 2.45) is 5.92 Å². The van der Waals surface area contributed by atoms with Crippen LogP contribution in [0.3, 0.4) is 0 Å². The fourth-order valence-corrected chi connectivity index (χ4v) is 3.70. The lowest BCUT2D eigenvalue weighted by atomic mass is 9.88. The van der Waals surface area contributed by atoms with Gasteiger partial charge in [0, 0.05) is 11.8 Å². The number of thiophene rings is 1. The van der Waals surface area contributed by atoms with E-state index in [1.54, 1.807) is 6.92 Å². The molecule has 1 heterocycles. The second-order valence-corrected chi connectivity index (χ2v) is 6.06. The van der Waals surface area contributed by atoms with Crippen molar-refractivity contribution < 1.29 is 14.3 Å². The van der Waals surface area contributed by atoms with Crippen molar-refractivity contribution in [1.82, 2.24) is 0 Å². The quantitative estimate of drug-likeness (QED) is 0.866. The predicted molar refractivity (Wildman–Crippen MR) is 75.8 cm³/mol. The highest BCUT2D eigenvalue weighted by Gasteiger charge is 2.28. The monoisotopic (exact) mass is 281 g/mol. The van der Waals surface area contributed by atoms with Crippen LogP contribution < -0.4 is 5.32 Å². The highest BCUT2D eigenvalue weighted by Crippen LogP contribution is 2.39. The summed E-state index contributed by atoms with van der Waals surface area (Å²) in [5.41, 5.74) is 1.65. The molecule has 2 rings (SSSR count). The van der Waals surface area contributed by atoms with E-state index in [-0.39, 0.29) is 11.9 Å². The molecule has 0 spiro atoms. The Balaban J connectivity index is 2.43. The zero-order valence-electron chi connectivity index (χ0n) is 11.5. The first-order valence-electron chi connectivity index (χ1n) is 6.62. The molecule has 0 radical (unpaired) electrons. The molecular weight excluding hydrogens is 262 g/mol. The SMILES string of the molecule is CCOC(=O)c1c(NC(C)=O)sc2c1CC(C)CC2. The number of hydrogen-bond acceptors (Lipinski definition) is 4. The number of anilines is 1. The average Bonchev–Trinajstić information content (AvgIpc) is 2.65.